The van der Waals surface area contributed by atoms with Crippen LogP contribution >= 0.6 is 11.8 Å². The van der Waals surface area contributed by atoms with Crippen LogP contribution in [0.25, 0.3) is 0 Å². The first-order chi connectivity index (χ1) is 14.1. The minimum Gasteiger partial charge on any atom is -0.468 e. The van der Waals surface area contributed by atoms with Crippen molar-refractivity contribution in [1.82, 2.24) is 15.5 Å². The van der Waals surface area contributed by atoms with Gasteiger partial charge in [-0.05, 0) is 6.42 Å². The van der Waals surface area contributed by atoms with Gasteiger partial charge in [0.25, 0.3) is 0 Å². The van der Waals surface area contributed by atoms with E-state index < -0.39 is 47.6 Å². The summed E-state index contributed by atoms with van der Waals surface area (Å²) in [6.07, 6.45) is -0.147. The first kappa shape index (κ1) is 25.4. The number of thioether (sulfide) groups is 1. The fourth-order valence-electron chi connectivity index (χ4n) is 2.42. The van der Waals surface area contributed by atoms with Crippen LogP contribution in [0.3, 0.4) is 0 Å². The molecule has 1 rings (SSSR count). The van der Waals surface area contributed by atoms with Crippen LogP contribution in [0.5, 0.6) is 0 Å². The number of nitrogens with one attached hydrogen (secondary N) is 2. The summed E-state index contributed by atoms with van der Waals surface area (Å²) >= 11 is 1.05. The number of hydrogen-bond acceptors (Lipinski definition) is 10. The molecule has 13 heteroatoms. The quantitative estimate of drug-likeness (QED) is 0.228. The normalized spacial score (nSPS) is 17.9. The minimum atomic E-state index is -1.09. The van der Waals surface area contributed by atoms with Crippen LogP contribution in [0.4, 0.5) is 0 Å². The topological polar surface area (TPSA) is 174 Å². The Bertz CT molecular complexity index is 701. The maximum Gasteiger partial charge on any atom is 0.325 e. The predicted molar refractivity (Wildman–Crippen MR) is 105 cm³/mol. The average Bonchev–Trinajstić information content (AvgIpc) is 2.98. The van der Waals surface area contributed by atoms with Crippen molar-refractivity contribution in [1.29, 1.82) is 0 Å². The average molecular weight is 446 g/mol. The van der Waals surface area contributed by atoms with Crippen LogP contribution in [-0.4, -0.2) is 91.4 Å². The van der Waals surface area contributed by atoms with Gasteiger partial charge in [-0.3, -0.25) is 33.7 Å². The van der Waals surface area contributed by atoms with Gasteiger partial charge in [-0.25, -0.2) is 0 Å². The number of carbonyl (C=O) groups is 6. The lowest BCUT2D eigenvalue weighted by atomic mass is 10.1. The van der Waals surface area contributed by atoms with Gasteiger partial charge in [0, 0.05) is 25.6 Å². The number of carbonyl (C=O) groups excluding carboxylic acids is 6. The van der Waals surface area contributed by atoms with Gasteiger partial charge in [0.05, 0.1) is 19.5 Å². The van der Waals surface area contributed by atoms with E-state index in [1.165, 1.54) is 14.2 Å². The lowest BCUT2D eigenvalue weighted by molar-refractivity contribution is -0.142. The largest absolute Gasteiger partial charge is 0.468 e. The van der Waals surface area contributed by atoms with Crippen LogP contribution in [0, 0.1) is 0 Å². The van der Waals surface area contributed by atoms with Crippen LogP contribution in [0.2, 0.25) is 0 Å². The Morgan fingerprint density at radius 1 is 1.23 bits per heavy atom. The van der Waals surface area contributed by atoms with Gasteiger partial charge in [0.2, 0.25) is 23.6 Å². The standard InChI is InChI=1S/C17H26N4O8S/c1-21-13(23)6-11(16(21)26)30-8-10(15(25)19-7-14(24)28-2)20-12(22)5-4-9(18)17(27)29-3/h9-11H,4-8,18H2,1-3H3,(H,19,25)(H,20,22). The first-order valence-electron chi connectivity index (χ1n) is 9.00. The Kier molecular flexibility index (Phi) is 10.3. The van der Waals surface area contributed by atoms with Gasteiger partial charge in [-0.1, -0.05) is 0 Å². The molecule has 4 amide bonds. The van der Waals surface area contributed by atoms with Gasteiger partial charge < -0.3 is 25.8 Å². The Balaban J connectivity index is 2.69. The number of imide groups is 1. The molecule has 0 aromatic rings. The second kappa shape index (κ2) is 12.1. The molecule has 0 aromatic heterocycles. The first-order valence-corrected chi connectivity index (χ1v) is 10.0. The molecule has 4 N–H and O–H groups in total. The highest BCUT2D eigenvalue weighted by Crippen LogP contribution is 2.24. The fraction of sp³-hybridized carbons (Fsp3) is 0.647. The summed E-state index contributed by atoms with van der Waals surface area (Å²) in [7, 11) is 3.71. The third kappa shape index (κ3) is 7.63. The molecular weight excluding hydrogens is 420 g/mol. The van der Waals surface area contributed by atoms with E-state index in [0.717, 1.165) is 23.8 Å². The Hall–Kier alpha value is -2.67. The molecule has 0 bridgehead atoms. The summed E-state index contributed by atoms with van der Waals surface area (Å²) in [4.78, 5) is 71.8. The molecule has 0 spiro atoms. The highest BCUT2D eigenvalue weighted by Gasteiger charge is 2.37. The zero-order chi connectivity index (χ0) is 22.8. The van der Waals surface area contributed by atoms with Crippen LogP contribution in [0.1, 0.15) is 19.3 Å². The number of amides is 4. The van der Waals surface area contributed by atoms with Crippen LogP contribution in [0.15, 0.2) is 0 Å². The second-order valence-electron chi connectivity index (χ2n) is 6.40. The number of hydrogen-bond donors (Lipinski definition) is 3. The Morgan fingerprint density at radius 3 is 2.43 bits per heavy atom. The van der Waals surface area contributed by atoms with Crippen molar-refractivity contribution in [3.05, 3.63) is 0 Å². The SMILES string of the molecule is COC(=O)CNC(=O)C(CSC1CC(=O)N(C)C1=O)NC(=O)CCC(N)C(=O)OC. The van der Waals surface area contributed by atoms with Crippen molar-refractivity contribution in [2.24, 2.45) is 5.73 Å². The van der Waals surface area contributed by atoms with Gasteiger partial charge in [-0.15, -0.1) is 11.8 Å². The molecule has 0 radical (unpaired) electrons. The number of methoxy groups -OCH3 is 2. The van der Waals surface area contributed by atoms with Gasteiger partial charge in [0.1, 0.15) is 18.6 Å². The molecule has 0 saturated carbocycles. The van der Waals surface area contributed by atoms with Crippen molar-refractivity contribution in [2.75, 3.05) is 33.6 Å². The van der Waals surface area contributed by atoms with E-state index in [1.807, 2.05) is 0 Å². The molecule has 1 fully saturated rings. The molecule has 1 aliphatic heterocycles. The summed E-state index contributed by atoms with van der Waals surface area (Å²) < 4.78 is 8.93. The molecule has 168 valence electrons. The van der Waals surface area contributed by atoms with Crippen molar-refractivity contribution in [3.63, 3.8) is 0 Å². The monoisotopic (exact) mass is 446 g/mol. The summed E-state index contributed by atoms with van der Waals surface area (Å²) in [6.45, 7) is -0.400. The van der Waals surface area contributed by atoms with E-state index in [1.54, 1.807) is 0 Å². The molecule has 12 nitrogen and oxygen atoms in total. The second-order valence-corrected chi connectivity index (χ2v) is 7.64. The predicted octanol–water partition coefficient (Wildman–Crippen LogP) is -2.47. The molecule has 30 heavy (non-hydrogen) atoms. The van der Waals surface area contributed by atoms with Crippen molar-refractivity contribution < 1.29 is 38.2 Å². The molecule has 3 atom stereocenters. The summed E-state index contributed by atoms with van der Waals surface area (Å²) in [5, 5.41) is 4.16. The van der Waals surface area contributed by atoms with Crippen LogP contribution < -0.4 is 16.4 Å². The summed E-state index contributed by atoms with van der Waals surface area (Å²) in [5.41, 5.74) is 5.58. The van der Waals surface area contributed by atoms with Crippen molar-refractivity contribution >= 4 is 47.3 Å². The highest BCUT2D eigenvalue weighted by molar-refractivity contribution is 8.00. The molecule has 1 aliphatic rings. The highest BCUT2D eigenvalue weighted by atomic mass is 32.2. The van der Waals surface area contributed by atoms with Crippen LogP contribution in [-0.2, 0) is 38.2 Å². The molecule has 0 aliphatic carbocycles. The molecule has 3 unspecified atom stereocenters. The fourth-order valence-corrected chi connectivity index (χ4v) is 3.64. The lowest BCUT2D eigenvalue weighted by Gasteiger charge is -2.19. The van der Waals surface area contributed by atoms with Gasteiger partial charge in [-0.2, -0.15) is 0 Å². The van der Waals surface area contributed by atoms with E-state index in [0.29, 0.717) is 0 Å². The lowest BCUT2D eigenvalue weighted by Crippen LogP contribution is -2.50. The number of nitrogens with two attached hydrogens (primary N) is 1. The third-order valence-electron chi connectivity index (χ3n) is 4.28. The minimum absolute atomic E-state index is 0.00156. The number of likely N-dealkylation sites (tertiary alicyclic amines) is 1. The van der Waals surface area contributed by atoms with Gasteiger partial charge in [0.15, 0.2) is 0 Å². The Morgan fingerprint density at radius 2 is 1.90 bits per heavy atom. The number of ether oxygens (including phenoxy) is 2. The number of esters is 2. The maximum absolute atomic E-state index is 12.4. The van der Waals surface area contributed by atoms with E-state index in [9.17, 15) is 28.8 Å². The van der Waals surface area contributed by atoms with E-state index in [2.05, 4.69) is 20.1 Å². The maximum atomic E-state index is 12.4. The molecule has 1 heterocycles. The smallest absolute Gasteiger partial charge is 0.325 e. The van der Waals surface area contributed by atoms with Crippen molar-refractivity contribution in [3.8, 4) is 0 Å². The molecule has 1 saturated heterocycles. The van der Waals surface area contributed by atoms with E-state index in [4.69, 9.17) is 5.73 Å². The Labute approximate surface area is 177 Å². The molecule has 0 aromatic carbocycles. The zero-order valence-corrected chi connectivity index (χ0v) is 17.8. The number of rotatable bonds is 11. The van der Waals surface area contributed by atoms with Crippen molar-refractivity contribution in [2.45, 2.75) is 36.6 Å². The zero-order valence-electron chi connectivity index (χ0n) is 17.0. The molecular formula is C17H26N4O8S. The summed E-state index contributed by atoms with van der Waals surface area (Å²) in [5.74, 6) is -3.29. The van der Waals surface area contributed by atoms with E-state index in [-0.39, 0.29) is 36.8 Å². The number of nitrogens with zero attached hydrogens (tertiary/aromatic N) is 1. The summed E-state index contributed by atoms with van der Waals surface area (Å²) in [6, 6.07) is -2.07. The van der Waals surface area contributed by atoms with E-state index >= 15 is 0 Å². The van der Waals surface area contributed by atoms with Gasteiger partial charge >= 0.3 is 11.9 Å². The third-order valence-corrected chi connectivity index (χ3v) is 5.57.